The average molecular weight is 360 g/mol. The minimum atomic E-state index is -1.74. The van der Waals surface area contributed by atoms with E-state index in [2.05, 4.69) is 10.3 Å². The molecule has 0 saturated carbocycles. The number of methoxy groups -OCH3 is 3. The Bertz CT molecular complexity index is 735. The SMILES string of the molecule is COc1cc(C(C)Nc2c(F)c(F)nc(F)c2F)cc(OC)c1OC. The van der Waals surface area contributed by atoms with Gasteiger partial charge in [-0.25, -0.2) is 0 Å². The molecule has 1 atom stereocenters. The lowest BCUT2D eigenvalue weighted by Crippen LogP contribution is -2.13. The molecule has 1 aromatic carbocycles. The summed E-state index contributed by atoms with van der Waals surface area (Å²) in [4.78, 5) is 2.51. The molecule has 0 radical (unpaired) electrons. The van der Waals surface area contributed by atoms with Crippen molar-refractivity contribution in [2.45, 2.75) is 13.0 Å². The molecule has 0 amide bonds. The number of benzene rings is 1. The molecule has 2 aromatic rings. The Morgan fingerprint density at radius 3 is 1.76 bits per heavy atom. The van der Waals surface area contributed by atoms with Gasteiger partial charge in [0.1, 0.15) is 5.69 Å². The number of ether oxygens (including phenoxy) is 3. The van der Waals surface area contributed by atoms with Crippen molar-refractivity contribution in [3.8, 4) is 17.2 Å². The average Bonchev–Trinajstić information content (AvgIpc) is 2.61. The Kier molecular flexibility index (Phi) is 5.55. The zero-order valence-corrected chi connectivity index (χ0v) is 13.9. The van der Waals surface area contributed by atoms with Gasteiger partial charge in [0.25, 0.3) is 11.9 Å². The number of nitrogens with one attached hydrogen (secondary N) is 1. The van der Waals surface area contributed by atoms with Crippen LogP contribution in [0.15, 0.2) is 12.1 Å². The van der Waals surface area contributed by atoms with Crippen LogP contribution in [0.1, 0.15) is 18.5 Å². The van der Waals surface area contributed by atoms with Gasteiger partial charge in [0.05, 0.1) is 21.3 Å². The summed E-state index contributed by atoms with van der Waals surface area (Å²) in [6.45, 7) is 1.54. The van der Waals surface area contributed by atoms with Crippen LogP contribution in [-0.4, -0.2) is 26.3 Å². The lowest BCUT2D eigenvalue weighted by molar-refractivity contribution is 0.323. The first-order valence-electron chi connectivity index (χ1n) is 7.10. The van der Waals surface area contributed by atoms with Crippen molar-refractivity contribution in [2.75, 3.05) is 26.6 Å². The van der Waals surface area contributed by atoms with Gasteiger partial charge in [-0.2, -0.15) is 22.5 Å². The van der Waals surface area contributed by atoms with Crippen LogP contribution in [0.3, 0.4) is 0 Å². The maximum Gasteiger partial charge on any atom is 0.253 e. The Labute approximate surface area is 141 Å². The summed E-state index contributed by atoms with van der Waals surface area (Å²) in [5.41, 5.74) is -0.475. The van der Waals surface area contributed by atoms with Crippen molar-refractivity contribution in [3.05, 3.63) is 41.2 Å². The highest BCUT2D eigenvalue weighted by atomic mass is 19.2. The third kappa shape index (κ3) is 3.54. The number of nitrogens with zero attached hydrogens (tertiary/aromatic N) is 1. The Morgan fingerprint density at radius 1 is 0.880 bits per heavy atom. The molecule has 136 valence electrons. The number of hydrogen-bond acceptors (Lipinski definition) is 5. The maximum atomic E-state index is 13.8. The van der Waals surface area contributed by atoms with Crippen LogP contribution in [-0.2, 0) is 0 Å². The fourth-order valence-electron chi connectivity index (χ4n) is 2.26. The zero-order chi connectivity index (χ0) is 18.7. The van der Waals surface area contributed by atoms with Crippen molar-refractivity contribution >= 4 is 5.69 Å². The predicted octanol–water partition coefficient (Wildman–Crippen LogP) is 3.84. The fourth-order valence-corrected chi connectivity index (χ4v) is 2.26. The minimum Gasteiger partial charge on any atom is -0.493 e. The van der Waals surface area contributed by atoms with Crippen LogP contribution in [0.25, 0.3) is 0 Å². The molecular formula is C16H16F4N2O3. The largest absolute Gasteiger partial charge is 0.493 e. The third-order valence-corrected chi connectivity index (χ3v) is 3.55. The molecule has 5 nitrogen and oxygen atoms in total. The van der Waals surface area contributed by atoms with Gasteiger partial charge >= 0.3 is 0 Å². The number of anilines is 1. The van der Waals surface area contributed by atoms with E-state index in [0.717, 1.165) is 0 Å². The van der Waals surface area contributed by atoms with Crippen LogP contribution < -0.4 is 19.5 Å². The molecule has 0 spiro atoms. The van der Waals surface area contributed by atoms with E-state index in [0.29, 0.717) is 22.8 Å². The summed E-state index contributed by atoms with van der Waals surface area (Å²) in [5, 5.41) is 2.39. The number of halogens is 4. The normalized spacial score (nSPS) is 11.8. The van der Waals surface area contributed by atoms with Gasteiger partial charge in [0.2, 0.25) is 17.4 Å². The summed E-state index contributed by atoms with van der Waals surface area (Å²) < 4.78 is 69.5. The van der Waals surface area contributed by atoms with Crippen LogP contribution in [0.5, 0.6) is 17.2 Å². The maximum absolute atomic E-state index is 13.8. The van der Waals surface area contributed by atoms with Gasteiger partial charge < -0.3 is 19.5 Å². The molecular weight excluding hydrogens is 344 g/mol. The van der Waals surface area contributed by atoms with Crippen molar-refractivity contribution in [3.63, 3.8) is 0 Å². The minimum absolute atomic E-state index is 0.318. The first-order valence-corrected chi connectivity index (χ1v) is 7.10. The van der Waals surface area contributed by atoms with E-state index in [9.17, 15) is 17.6 Å². The van der Waals surface area contributed by atoms with Crippen molar-refractivity contribution in [2.24, 2.45) is 0 Å². The van der Waals surface area contributed by atoms with Gasteiger partial charge in [0, 0.05) is 6.04 Å². The summed E-state index contributed by atoms with van der Waals surface area (Å²) in [6.07, 6.45) is 0. The molecule has 0 aliphatic rings. The molecule has 0 saturated heterocycles. The first kappa shape index (κ1) is 18.6. The second-order valence-corrected chi connectivity index (χ2v) is 5.02. The molecule has 25 heavy (non-hydrogen) atoms. The summed E-state index contributed by atoms with van der Waals surface area (Å²) >= 11 is 0. The second kappa shape index (κ2) is 7.45. The molecule has 0 bridgehead atoms. The van der Waals surface area contributed by atoms with Crippen LogP contribution in [0, 0.1) is 23.5 Å². The highest BCUT2D eigenvalue weighted by molar-refractivity contribution is 5.56. The predicted molar refractivity (Wildman–Crippen MR) is 82.2 cm³/mol. The lowest BCUT2D eigenvalue weighted by Gasteiger charge is -2.20. The molecule has 9 heteroatoms. The van der Waals surface area contributed by atoms with Gasteiger partial charge in [-0.3, -0.25) is 0 Å². The molecule has 0 aliphatic heterocycles. The standard InChI is InChI=1S/C16H16F4N2O3/c1-7(21-13-11(17)15(19)22-16(20)12(13)18)8-5-9(23-2)14(25-4)10(6-8)24-3/h5-7H,1-4H3,(H,21,22). The topological polar surface area (TPSA) is 52.6 Å². The Balaban J connectivity index is 2.44. The quantitative estimate of drug-likeness (QED) is 0.627. The number of rotatable bonds is 6. The van der Waals surface area contributed by atoms with Crippen molar-refractivity contribution in [1.29, 1.82) is 0 Å². The molecule has 1 heterocycles. The number of aromatic nitrogens is 1. The molecule has 0 fully saturated rings. The van der Waals surface area contributed by atoms with Crippen molar-refractivity contribution < 1.29 is 31.8 Å². The van der Waals surface area contributed by atoms with E-state index in [-0.39, 0.29) is 0 Å². The van der Waals surface area contributed by atoms with Gasteiger partial charge in [-0.1, -0.05) is 0 Å². The summed E-state index contributed by atoms with van der Waals surface area (Å²) in [7, 11) is 4.24. The third-order valence-electron chi connectivity index (χ3n) is 3.55. The molecule has 2 rings (SSSR count). The molecule has 1 aromatic heterocycles. The monoisotopic (exact) mass is 360 g/mol. The van der Waals surface area contributed by atoms with E-state index >= 15 is 0 Å². The smallest absolute Gasteiger partial charge is 0.253 e. The highest BCUT2D eigenvalue weighted by Crippen LogP contribution is 2.40. The van der Waals surface area contributed by atoms with E-state index in [4.69, 9.17) is 14.2 Å². The van der Waals surface area contributed by atoms with Gasteiger partial charge in [-0.05, 0) is 24.6 Å². The van der Waals surface area contributed by atoms with E-state index in [1.165, 1.54) is 28.3 Å². The second-order valence-electron chi connectivity index (χ2n) is 5.02. The lowest BCUT2D eigenvalue weighted by atomic mass is 10.1. The van der Waals surface area contributed by atoms with Crippen molar-refractivity contribution in [1.82, 2.24) is 4.98 Å². The van der Waals surface area contributed by atoms with E-state index in [1.54, 1.807) is 12.1 Å². The molecule has 0 aliphatic carbocycles. The van der Waals surface area contributed by atoms with Crippen LogP contribution in [0.2, 0.25) is 0 Å². The number of hydrogen-bond donors (Lipinski definition) is 1. The fraction of sp³-hybridized carbons (Fsp3) is 0.312. The van der Waals surface area contributed by atoms with E-state index in [1.807, 2.05) is 0 Å². The Morgan fingerprint density at radius 2 is 1.36 bits per heavy atom. The summed E-state index contributed by atoms with van der Waals surface area (Å²) in [6, 6.07) is 2.34. The first-order chi connectivity index (χ1) is 11.8. The van der Waals surface area contributed by atoms with Gasteiger partial charge in [0.15, 0.2) is 11.5 Å². The Hall–Kier alpha value is -2.71. The number of pyridine rings is 1. The molecule has 1 N–H and O–H groups in total. The van der Waals surface area contributed by atoms with E-state index < -0.39 is 35.3 Å². The van der Waals surface area contributed by atoms with Gasteiger partial charge in [-0.15, -0.1) is 0 Å². The molecule has 1 unspecified atom stereocenters. The van der Waals surface area contributed by atoms with Crippen LogP contribution in [0.4, 0.5) is 23.2 Å². The van der Waals surface area contributed by atoms with Crippen LogP contribution >= 0.6 is 0 Å². The zero-order valence-electron chi connectivity index (χ0n) is 13.9. The summed E-state index contributed by atoms with van der Waals surface area (Å²) in [5.74, 6) is -5.73. The highest BCUT2D eigenvalue weighted by Gasteiger charge is 2.23.